The largest absolute Gasteiger partial charge is 0.389 e. The van der Waals surface area contributed by atoms with E-state index < -0.39 is 6.10 Å². The van der Waals surface area contributed by atoms with E-state index in [9.17, 15) is 5.11 Å². The molecule has 4 heteroatoms. The summed E-state index contributed by atoms with van der Waals surface area (Å²) in [5.74, 6) is 0.747. The Morgan fingerprint density at radius 1 is 1.06 bits per heavy atom. The predicted molar refractivity (Wildman–Crippen MR) is 138 cm³/mol. The molecule has 2 aromatic carbocycles. The van der Waals surface area contributed by atoms with Crippen LogP contribution in [0.15, 0.2) is 48.0 Å². The molecule has 1 atom stereocenters. The SMILES string of the molecule is Cc1cc2c(cc1C)C(Cl)=C(COCC(O)CN1CCC(Cc3ccccc3)CC1)CCC2. The Morgan fingerprint density at radius 2 is 1.79 bits per heavy atom. The predicted octanol–water partition coefficient (Wildman–Crippen LogP) is 5.92. The van der Waals surface area contributed by atoms with Gasteiger partial charge in [-0.2, -0.15) is 0 Å². The van der Waals surface area contributed by atoms with Crippen LogP contribution in [0.25, 0.3) is 5.03 Å². The smallest absolute Gasteiger partial charge is 0.0900 e. The van der Waals surface area contributed by atoms with E-state index in [1.807, 2.05) is 0 Å². The lowest BCUT2D eigenvalue weighted by molar-refractivity contribution is 0.0171. The molecule has 178 valence electrons. The van der Waals surface area contributed by atoms with Gasteiger partial charge in [0, 0.05) is 11.6 Å². The molecule has 1 fully saturated rings. The second-order valence-electron chi connectivity index (χ2n) is 9.97. The lowest BCUT2D eigenvalue weighted by atomic mass is 9.90. The maximum Gasteiger partial charge on any atom is 0.0900 e. The van der Waals surface area contributed by atoms with Gasteiger partial charge >= 0.3 is 0 Å². The van der Waals surface area contributed by atoms with Crippen LogP contribution in [0, 0.1) is 19.8 Å². The molecule has 1 aliphatic heterocycles. The highest BCUT2D eigenvalue weighted by Crippen LogP contribution is 2.34. The van der Waals surface area contributed by atoms with Crippen molar-refractivity contribution in [3.63, 3.8) is 0 Å². The van der Waals surface area contributed by atoms with Crippen molar-refractivity contribution in [2.45, 2.75) is 58.5 Å². The van der Waals surface area contributed by atoms with Gasteiger partial charge in [-0.15, -0.1) is 0 Å². The Kier molecular flexibility index (Phi) is 8.65. The third-order valence-corrected chi connectivity index (χ3v) is 7.79. The number of aliphatic hydroxyl groups excluding tert-OH is 1. The number of aryl methyl sites for hydroxylation is 3. The molecule has 3 nitrogen and oxygen atoms in total. The van der Waals surface area contributed by atoms with Gasteiger partial charge < -0.3 is 14.7 Å². The monoisotopic (exact) mass is 467 g/mol. The fourth-order valence-electron chi connectivity index (χ4n) is 5.20. The molecule has 1 heterocycles. The molecular weight excluding hydrogens is 430 g/mol. The van der Waals surface area contributed by atoms with Crippen molar-refractivity contribution in [2.24, 2.45) is 5.92 Å². The molecule has 4 rings (SSSR count). The first-order valence-corrected chi connectivity index (χ1v) is 12.9. The van der Waals surface area contributed by atoms with Crippen LogP contribution >= 0.6 is 11.6 Å². The average molecular weight is 468 g/mol. The van der Waals surface area contributed by atoms with Crippen LogP contribution in [-0.4, -0.2) is 49.0 Å². The highest BCUT2D eigenvalue weighted by molar-refractivity contribution is 6.49. The Bertz CT molecular complexity index is 948. The van der Waals surface area contributed by atoms with Gasteiger partial charge in [0.05, 0.1) is 19.3 Å². The molecule has 1 aliphatic carbocycles. The number of aliphatic hydroxyl groups is 1. The summed E-state index contributed by atoms with van der Waals surface area (Å²) in [4.78, 5) is 2.38. The first-order chi connectivity index (χ1) is 16.0. The van der Waals surface area contributed by atoms with E-state index in [0.29, 0.717) is 19.8 Å². The molecule has 0 spiro atoms. The average Bonchev–Trinajstić information content (AvgIpc) is 2.95. The minimum atomic E-state index is -0.460. The highest BCUT2D eigenvalue weighted by Gasteiger charge is 2.22. The van der Waals surface area contributed by atoms with E-state index >= 15 is 0 Å². The van der Waals surface area contributed by atoms with Crippen molar-refractivity contribution in [1.82, 2.24) is 4.90 Å². The molecule has 33 heavy (non-hydrogen) atoms. The second kappa shape index (κ2) is 11.7. The van der Waals surface area contributed by atoms with Crippen molar-refractivity contribution in [3.8, 4) is 0 Å². The Balaban J connectivity index is 1.22. The number of halogens is 1. The molecular formula is C29H38ClNO2. The van der Waals surface area contributed by atoms with Crippen LogP contribution in [0.1, 0.15) is 53.5 Å². The number of fused-ring (bicyclic) bond motifs is 1. The van der Waals surface area contributed by atoms with Crippen LogP contribution in [-0.2, 0) is 17.6 Å². The van der Waals surface area contributed by atoms with Gasteiger partial charge in [-0.25, -0.2) is 0 Å². The molecule has 0 saturated carbocycles. The molecule has 0 amide bonds. The lowest BCUT2D eigenvalue weighted by Crippen LogP contribution is -2.40. The maximum atomic E-state index is 10.6. The fraction of sp³-hybridized carbons (Fsp3) is 0.517. The number of ether oxygens (including phenoxy) is 1. The minimum absolute atomic E-state index is 0.359. The first kappa shape index (κ1) is 24.5. The number of benzene rings is 2. The molecule has 1 unspecified atom stereocenters. The van der Waals surface area contributed by atoms with Gasteiger partial charge in [0.1, 0.15) is 0 Å². The van der Waals surface area contributed by atoms with E-state index in [1.54, 1.807) is 0 Å². The van der Waals surface area contributed by atoms with Crippen LogP contribution in [0.4, 0.5) is 0 Å². The van der Waals surface area contributed by atoms with Gasteiger partial charge in [0.2, 0.25) is 0 Å². The Labute approximate surface area is 204 Å². The van der Waals surface area contributed by atoms with E-state index in [2.05, 4.69) is 61.2 Å². The number of hydrogen-bond donors (Lipinski definition) is 1. The molecule has 0 aromatic heterocycles. The summed E-state index contributed by atoms with van der Waals surface area (Å²) in [5, 5.41) is 11.4. The van der Waals surface area contributed by atoms with Crippen LogP contribution in [0.3, 0.4) is 0 Å². The summed E-state index contributed by atoms with van der Waals surface area (Å²) >= 11 is 6.81. The zero-order chi connectivity index (χ0) is 23.2. The molecule has 1 N–H and O–H groups in total. The molecule has 0 radical (unpaired) electrons. The van der Waals surface area contributed by atoms with Crippen molar-refractivity contribution < 1.29 is 9.84 Å². The third-order valence-electron chi connectivity index (χ3n) is 7.32. The van der Waals surface area contributed by atoms with Gasteiger partial charge in [-0.1, -0.05) is 54.1 Å². The quantitative estimate of drug-likeness (QED) is 0.522. The lowest BCUT2D eigenvalue weighted by Gasteiger charge is -2.33. The van der Waals surface area contributed by atoms with Crippen LogP contribution in [0.2, 0.25) is 0 Å². The topological polar surface area (TPSA) is 32.7 Å². The van der Waals surface area contributed by atoms with Crippen molar-refractivity contribution in [3.05, 3.63) is 75.9 Å². The number of hydrogen-bond acceptors (Lipinski definition) is 3. The summed E-state index contributed by atoms with van der Waals surface area (Å²) in [6.07, 6.45) is 6.20. The Hall–Kier alpha value is -1.65. The minimum Gasteiger partial charge on any atom is -0.389 e. The molecule has 2 aliphatic rings. The number of likely N-dealkylation sites (tertiary alicyclic amines) is 1. The van der Waals surface area contributed by atoms with Gasteiger partial charge in [0.15, 0.2) is 0 Å². The van der Waals surface area contributed by atoms with Crippen LogP contribution in [0.5, 0.6) is 0 Å². The highest BCUT2D eigenvalue weighted by atomic mass is 35.5. The number of piperidine rings is 1. The first-order valence-electron chi connectivity index (χ1n) is 12.5. The summed E-state index contributed by atoms with van der Waals surface area (Å²) in [6, 6.07) is 15.3. The maximum absolute atomic E-state index is 10.6. The van der Waals surface area contributed by atoms with Gasteiger partial charge in [-0.05, 0) is 105 Å². The normalized spacial score (nSPS) is 18.8. The second-order valence-corrected chi connectivity index (χ2v) is 10.3. The van der Waals surface area contributed by atoms with Crippen molar-refractivity contribution in [2.75, 3.05) is 32.8 Å². The van der Waals surface area contributed by atoms with Crippen molar-refractivity contribution in [1.29, 1.82) is 0 Å². The number of β-amino-alcohol motifs (C(OH)–C–C–N with tert-alkyl or cyclic N) is 1. The van der Waals surface area contributed by atoms with Gasteiger partial charge in [0.25, 0.3) is 0 Å². The van der Waals surface area contributed by atoms with E-state index in [1.165, 1.54) is 41.5 Å². The number of nitrogens with zero attached hydrogens (tertiary/aromatic N) is 1. The zero-order valence-corrected chi connectivity index (χ0v) is 20.9. The van der Waals surface area contributed by atoms with Crippen molar-refractivity contribution >= 4 is 16.6 Å². The zero-order valence-electron chi connectivity index (χ0n) is 20.2. The summed E-state index contributed by atoms with van der Waals surface area (Å²) in [7, 11) is 0. The van der Waals surface area contributed by atoms with E-state index in [4.69, 9.17) is 16.3 Å². The standard InChI is InChI=1S/C29H38ClNO2/c1-21-15-25-9-6-10-26(29(30)28(25)16-22(21)2)19-33-20-27(32)18-31-13-11-24(12-14-31)17-23-7-4-3-5-8-23/h3-5,7-8,15-16,24,27,32H,6,9-14,17-20H2,1-2H3. The van der Waals surface area contributed by atoms with E-state index in [0.717, 1.165) is 54.4 Å². The number of rotatable bonds is 8. The summed E-state index contributed by atoms with van der Waals surface area (Å²) < 4.78 is 5.95. The fourth-order valence-corrected chi connectivity index (χ4v) is 5.53. The van der Waals surface area contributed by atoms with Gasteiger partial charge in [-0.3, -0.25) is 0 Å². The van der Waals surface area contributed by atoms with Crippen LogP contribution < -0.4 is 0 Å². The Morgan fingerprint density at radius 3 is 2.55 bits per heavy atom. The molecule has 0 bridgehead atoms. The molecule has 1 saturated heterocycles. The third kappa shape index (κ3) is 6.70. The van der Waals surface area contributed by atoms with E-state index in [-0.39, 0.29) is 0 Å². The summed E-state index contributed by atoms with van der Waals surface area (Å²) in [6.45, 7) is 7.96. The summed E-state index contributed by atoms with van der Waals surface area (Å²) in [5.41, 5.74) is 7.70. The molecule has 2 aromatic rings.